The highest BCUT2D eigenvalue weighted by Gasteiger charge is 2.43. The van der Waals surface area contributed by atoms with E-state index in [1.807, 2.05) is 10.2 Å². The number of aromatic nitrogens is 2. The van der Waals surface area contributed by atoms with Gasteiger partial charge in [0.05, 0.1) is 35.7 Å². The lowest BCUT2D eigenvalue weighted by Crippen LogP contribution is -2.53. The summed E-state index contributed by atoms with van der Waals surface area (Å²) in [7, 11) is -2.82. The molecule has 5 rings (SSSR count). The molecule has 2 aliphatic heterocycles. The molecule has 0 spiro atoms. The second-order valence-electron chi connectivity index (χ2n) is 8.98. The van der Waals surface area contributed by atoms with Crippen LogP contribution in [0.5, 0.6) is 0 Å². The first kappa shape index (κ1) is 25.2. The Morgan fingerprint density at radius 1 is 1.24 bits per heavy atom. The maximum absolute atomic E-state index is 16.4. The number of hydrogen-bond acceptors (Lipinski definition) is 7. The highest BCUT2D eigenvalue weighted by molar-refractivity contribution is 7.89. The third-order valence-corrected chi connectivity index (χ3v) is 8.61. The summed E-state index contributed by atoms with van der Waals surface area (Å²) in [5, 5.41) is 11.6. The molecule has 196 valence electrons. The molecule has 0 bridgehead atoms. The third kappa shape index (κ3) is 4.47. The van der Waals surface area contributed by atoms with Crippen LogP contribution in [0.15, 0.2) is 41.4 Å². The molecule has 11 nitrogen and oxygen atoms in total. The molecule has 3 aromatic rings. The molecule has 1 aromatic heterocycles. The molecule has 0 aliphatic carbocycles. The predicted molar refractivity (Wildman–Crippen MR) is 137 cm³/mol. The molecule has 14 heteroatoms. The van der Waals surface area contributed by atoms with Crippen LogP contribution in [0.4, 0.5) is 15.1 Å². The van der Waals surface area contributed by atoms with Crippen molar-refractivity contribution in [2.24, 2.45) is 4.99 Å². The number of carboxylic acid groups (broad SMARTS) is 1. The lowest BCUT2D eigenvalue weighted by Gasteiger charge is -2.36. The van der Waals surface area contributed by atoms with E-state index in [9.17, 15) is 18.3 Å². The minimum Gasteiger partial charge on any atom is -0.465 e. The standard InChI is InChI=1S/C23H24ClFN6O5S/c1-23(13-37(34,35)29(2)20(28-23)27-22(32)33)15-4-3-5-17(19(15)25)31-18-12-14(24)6-7-16(18)26-21(31)30-8-10-36-11-9-30/h3-7,12H,8-11,13H2,1-2H3,(H,27,28)(H,32,33)/t23-/m0/s1. The Balaban J connectivity index is 1.72. The Hall–Kier alpha value is -3.42. The molecule has 0 radical (unpaired) electrons. The molecule has 37 heavy (non-hydrogen) atoms. The smallest absolute Gasteiger partial charge is 0.411 e. The van der Waals surface area contributed by atoms with Crippen molar-refractivity contribution in [1.29, 1.82) is 0 Å². The van der Waals surface area contributed by atoms with Crippen molar-refractivity contribution in [2.75, 3.05) is 44.0 Å². The van der Waals surface area contributed by atoms with Crippen molar-refractivity contribution < 1.29 is 27.4 Å². The van der Waals surface area contributed by atoms with Gasteiger partial charge in [0.15, 0.2) is 5.82 Å². The fourth-order valence-corrected chi connectivity index (χ4v) is 6.26. The van der Waals surface area contributed by atoms with Gasteiger partial charge in [-0.15, -0.1) is 0 Å². The zero-order valence-corrected chi connectivity index (χ0v) is 21.6. The topological polar surface area (TPSA) is 129 Å². The van der Waals surface area contributed by atoms with Crippen LogP contribution in [0.3, 0.4) is 0 Å². The first-order valence-corrected chi connectivity index (χ1v) is 13.4. The summed E-state index contributed by atoms with van der Waals surface area (Å²) in [4.78, 5) is 22.3. The molecule has 1 fully saturated rings. The van der Waals surface area contributed by atoms with E-state index < -0.39 is 39.2 Å². The molecule has 2 N–H and O–H groups in total. The zero-order valence-electron chi connectivity index (χ0n) is 20.0. The molecule has 2 aliphatic rings. The van der Waals surface area contributed by atoms with E-state index in [1.54, 1.807) is 34.9 Å². The summed E-state index contributed by atoms with van der Waals surface area (Å²) in [6.07, 6.45) is -1.49. The number of amides is 1. The van der Waals surface area contributed by atoms with E-state index in [0.29, 0.717) is 48.3 Å². The lowest BCUT2D eigenvalue weighted by atomic mass is 9.93. The van der Waals surface area contributed by atoms with Gasteiger partial charge in [-0.2, -0.15) is 0 Å². The number of ether oxygens (including phenoxy) is 1. The van der Waals surface area contributed by atoms with Gasteiger partial charge in [-0.25, -0.2) is 31.9 Å². The van der Waals surface area contributed by atoms with Crippen LogP contribution >= 0.6 is 11.6 Å². The van der Waals surface area contributed by atoms with Crippen LogP contribution in [0.1, 0.15) is 12.5 Å². The normalized spacial score (nSPS) is 21.7. The van der Waals surface area contributed by atoms with Gasteiger partial charge in [0.1, 0.15) is 5.54 Å². The van der Waals surface area contributed by atoms with Crippen molar-refractivity contribution in [1.82, 2.24) is 19.2 Å². The second kappa shape index (κ2) is 9.15. The first-order chi connectivity index (χ1) is 17.5. The van der Waals surface area contributed by atoms with Crippen molar-refractivity contribution in [3.63, 3.8) is 0 Å². The van der Waals surface area contributed by atoms with Gasteiger partial charge in [-0.1, -0.05) is 23.7 Å². The number of morpholine rings is 1. The quantitative estimate of drug-likeness (QED) is 0.513. The highest BCUT2D eigenvalue weighted by atomic mass is 35.5. The number of benzene rings is 2. The number of halogens is 2. The van der Waals surface area contributed by atoms with E-state index in [0.717, 1.165) is 4.31 Å². The van der Waals surface area contributed by atoms with Crippen molar-refractivity contribution in [3.8, 4) is 5.69 Å². The van der Waals surface area contributed by atoms with E-state index in [1.165, 1.54) is 20.0 Å². The summed E-state index contributed by atoms with van der Waals surface area (Å²) >= 11 is 6.28. The number of sulfonamides is 1. The average molecular weight is 551 g/mol. The summed E-state index contributed by atoms with van der Waals surface area (Å²) < 4.78 is 50.1. The average Bonchev–Trinajstić information content (AvgIpc) is 3.21. The van der Waals surface area contributed by atoms with E-state index in [2.05, 4.69) is 4.99 Å². The summed E-state index contributed by atoms with van der Waals surface area (Å²) in [5.41, 5.74) is -0.318. The number of fused-ring (bicyclic) bond motifs is 1. The zero-order chi connectivity index (χ0) is 26.5. The van der Waals surface area contributed by atoms with Crippen molar-refractivity contribution in [3.05, 3.63) is 52.8 Å². The van der Waals surface area contributed by atoms with E-state index in [4.69, 9.17) is 21.3 Å². The Kier molecular flexibility index (Phi) is 6.24. The molecule has 0 unspecified atom stereocenters. The van der Waals surface area contributed by atoms with Crippen LogP contribution in [0, 0.1) is 5.82 Å². The van der Waals surface area contributed by atoms with Gasteiger partial charge in [0, 0.05) is 30.7 Å². The highest BCUT2D eigenvalue weighted by Crippen LogP contribution is 2.37. The predicted octanol–water partition coefficient (Wildman–Crippen LogP) is 2.77. The fourth-order valence-electron chi connectivity index (χ4n) is 4.62. The number of nitrogens with one attached hydrogen (secondary N) is 1. The molecular formula is C23H24ClFN6O5S. The molecule has 1 amide bonds. The van der Waals surface area contributed by atoms with E-state index in [-0.39, 0.29) is 11.3 Å². The van der Waals surface area contributed by atoms with Gasteiger partial charge < -0.3 is 14.7 Å². The number of rotatable bonds is 3. The van der Waals surface area contributed by atoms with Crippen LogP contribution in [0.25, 0.3) is 16.7 Å². The third-order valence-electron chi connectivity index (χ3n) is 6.44. The number of guanidine groups is 1. The SMILES string of the molecule is CN1C(NC(=O)O)=N[C@](C)(c2cccc(-n3c(N4CCOCC4)nc4ccc(Cl)cc43)c2F)CS1(=O)=O. The Bertz CT molecular complexity index is 1540. The molecular weight excluding hydrogens is 527 g/mol. The van der Waals surface area contributed by atoms with Crippen LogP contribution in [-0.4, -0.2) is 78.5 Å². The van der Waals surface area contributed by atoms with E-state index >= 15 is 4.39 Å². The number of aliphatic imine (C=N–C) groups is 1. The maximum Gasteiger partial charge on any atom is 0.411 e. The number of imidazole rings is 1. The number of nitrogens with zero attached hydrogens (tertiary/aromatic N) is 5. The van der Waals surface area contributed by atoms with Gasteiger partial charge in [-0.3, -0.25) is 9.88 Å². The van der Waals surface area contributed by atoms with Crippen LogP contribution in [-0.2, 0) is 20.3 Å². The number of hydrogen-bond donors (Lipinski definition) is 2. The summed E-state index contributed by atoms with van der Waals surface area (Å²) in [6, 6.07) is 9.75. The number of anilines is 1. The Morgan fingerprint density at radius 2 is 1.97 bits per heavy atom. The van der Waals surface area contributed by atoms with Gasteiger partial charge in [0.2, 0.25) is 21.9 Å². The van der Waals surface area contributed by atoms with Crippen molar-refractivity contribution in [2.45, 2.75) is 12.5 Å². The minimum absolute atomic E-state index is 0.0110. The molecule has 1 saturated heterocycles. The monoisotopic (exact) mass is 550 g/mol. The summed E-state index contributed by atoms with van der Waals surface area (Å²) in [5.74, 6) is -1.19. The maximum atomic E-state index is 16.4. The molecule has 0 saturated carbocycles. The van der Waals surface area contributed by atoms with Gasteiger partial charge >= 0.3 is 6.09 Å². The summed E-state index contributed by atoms with van der Waals surface area (Å²) in [6.45, 7) is 3.54. The second-order valence-corrected chi connectivity index (χ2v) is 11.4. The van der Waals surface area contributed by atoms with Crippen molar-refractivity contribution >= 4 is 50.7 Å². The van der Waals surface area contributed by atoms with Gasteiger partial charge in [0.25, 0.3) is 0 Å². The van der Waals surface area contributed by atoms with Gasteiger partial charge in [-0.05, 0) is 31.2 Å². The fraction of sp³-hybridized carbons (Fsp3) is 0.348. The van der Waals surface area contributed by atoms with Crippen LogP contribution < -0.4 is 10.2 Å². The lowest BCUT2D eigenvalue weighted by molar-refractivity contribution is 0.122. The molecule has 3 heterocycles. The first-order valence-electron chi connectivity index (χ1n) is 11.4. The number of carbonyl (C=O) groups is 1. The minimum atomic E-state index is -4.01. The Labute approximate surface area is 217 Å². The Morgan fingerprint density at radius 3 is 2.68 bits per heavy atom. The largest absolute Gasteiger partial charge is 0.465 e. The molecule has 1 atom stereocenters. The van der Waals surface area contributed by atoms with Crippen LogP contribution in [0.2, 0.25) is 5.02 Å². The molecule has 2 aromatic carbocycles.